The Balaban J connectivity index is 1.53. The topological polar surface area (TPSA) is 56.8 Å². The van der Waals surface area contributed by atoms with Crippen molar-refractivity contribution < 1.29 is 23.4 Å². The Kier molecular flexibility index (Phi) is 6.85. The molecule has 0 unspecified atom stereocenters. The lowest BCUT2D eigenvalue weighted by molar-refractivity contribution is 0.0794. The molecule has 6 heteroatoms. The standard InChI is InChI=1S/C30H26FNO4/c1-34-22-17-15-21(16-18-22)27-24-12-6-8-14-26(24)36-29(28(27)23-11-5-7-13-25(23)31)32-30(33)35-19-20-9-3-2-4-10-20/h2-18,27-29H,19H2,1H3,(H,32,33)/t27-,28+,29+/m1/s1. The molecule has 0 radical (unpaired) electrons. The molecule has 4 aromatic rings. The van der Waals surface area contributed by atoms with Gasteiger partial charge in [-0.3, -0.25) is 5.32 Å². The average molecular weight is 484 g/mol. The Morgan fingerprint density at radius 1 is 0.861 bits per heavy atom. The number of para-hydroxylation sites is 1. The van der Waals surface area contributed by atoms with Gasteiger partial charge < -0.3 is 14.2 Å². The molecule has 5 rings (SSSR count). The zero-order valence-electron chi connectivity index (χ0n) is 19.8. The number of hydrogen-bond acceptors (Lipinski definition) is 4. The number of methoxy groups -OCH3 is 1. The normalized spacial score (nSPS) is 18.4. The number of benzene rings is 4. The van der Waals surface area contributed by atoms with Gasteiger partial charge >= 0.3 is 6.09 Å². The zero-order valence-corrected chi connectivity index (χ0v) is 19.8. The number of fused-ring (bicyclic) bond motifs is 1. The van der Waals surface area contributed by atoms with Crippen LogP contribution in [-0.4, -0.2) is 19.4 Å². The van der Waals surface area contributed by atoms with Crippen LogP contribution < -0.4 is 14.8 Å². The first-order valence-corrected chi connectivity index (χ1v) is 11.7. The van der Waals surface area contributed by atoms with E-state index in [0.29, 0.717) is 11.3 Å². The Morgan fingerprint density at radius 3 is 2.25 bits per heavy atom. The van der Waals surface area contributed by atoms with Gasteiger partial charge in [0.05, 0.1) is 13.0 Å². The molecular weight excluding hydrogens is 457 g/mol. The minimum Gasteiger partial charge on any atom is -0.497 e. The van der Waals surface area contributed by atoms with Crippen LogP contribution in [0.15, 0.2) is 103 Å². The summed E-state index contributed by atoms with van der Waals surface area (Å²) in [7, 11) is 1.61. The largest absolute Gasteiger partial charge is 0.497 e. The van der Waals surface area contributed by atoms with Crippen LogP contribution in [0.3, 0.4) is 0 Å². The van der Waals surface area contributed by atoms with Crippen LogP contribution in [-0.2, 0) is 11.3 Å². The molecule has 0 aromatic heterocycles. The van der Waals surface area contributed by atoms with Gasteiger partial charge in [0.15, 0.2) is 6.23 Å². The fourth-order valence-electron chi connectivity index (χ4n) is 4.71. The number of carbonyl (C=O) groups excluding carboxylic acids is 1. The van der Waals surface area contributed by atoms with Crippen molar-refractivity contribution in [3.63, 3.8) is 0 Å². The first kappa shape index (κ1) is 23.4. The molecule has 182 valence electrons. The van der Waals surface area contributed by atoms with E-state index in [1.807, 2.05) is 78.9 Å². The number of carbonyl (C=O) groups is 1. The van der Waals surface area contributed by atoms with Gasteiger partial charge in [-0.2, -0.15) is 0 Å². The van der Waals surface area contributed by atoms with Gasteiger partial charge in [0.25, 0.3) is 0 Å². The maximum absolute atomic E-state index is 15.2. The molecule has 0 spiro atoms. The van der Waals surface area contributed by atoms with Crippen molar-refractivity contribution in [1.29, 1.82) is 0 Å². The highest BCUT2D eigenvalue weighted by atomic mass is 19.1. The lowest BCUT2D eigenvalue weighted by atomic mass is 9.74. The van der Waals surface area contributed by atoms with Gasteiger partial charge in [0.2, 0.25) is 0 Å². The van der Waals surface area contributed by atoms with Crippen molar-refractivity contribution >= 4 is 6.09 Å². The summed E-state index contributed by atoms with van der Waals surface area (Å²) in [5.74, 6) is 0.129. The van der Waals surface area contributed by atoms with Crippen LogP contribution in [0.2, 0.25) is 0 Å². The second kappa shape index (κ2) is 10.5. The van der Waals surface area contributed by atoms with Crippen molar-refractivity contribution in [2.75, 3.05) is 7.11 Å². The molecule has 1 N–H and O–H groups in total. The van der Waals surface area contributed by atoms with Crippen LogP contribution >= 0.6 is 0 Å². The molecule has 5 nitrogen and oxygen atoms in total. The van der Waals surface area contributed by atoms with Gasteiger partial charge in [0, 0.05) is 11.5 Å². The highest BCUT2D eigenvalue weighted by molar-refractivity contribution is 5.68. The van der Waals surface area contributed by atoms with E-state index in [0.717, 1.165) is 22.4 Å². The van der Waals surface area contributed by atoms with Crippen molar-refractivity contribution in [3.8, 4) is 11.5 Å². The first-order chi connectivity index (χ1) is 17.6. The lowest BCUT2D eigenvalue weighted by Gasteiger charge is -2.40. The average Bonchev–Trinajstić information content (AvgIpc) is 2.92. The number of rotatable bonds is 6. The fraction of sp³-hybridized carbons (Fsp3) is 0.167. The number of alkyl carbamates (subject to hydrolysis) is 1. The molecule has 3 atom stereocenters. The molecule has 0 bridgehead atoms. The summed E-state index contributed by atoms with van der Waals surface area (Å²) in [6.07, 6.45) is -1.51. The molecular formula is C30H26FNO4. The Hall–Kier alpha value is -4.32. The van der Waals surface area contributed by atoms with E-state index < -0.39 is 18.2 Å². The smallest absolute Gasteiger partial charge is 0.410 e. The maximum Gasteiger partial charge on any atom is 0.410 e. The van der Waals surface area contributed by atoms with Gasteiger partial charge in [-0.05, 0) is 41.0 Å². The molecule has 0 saturated carbocycles. The highest BCUT2D eigenvalue weighted by Gasteiger charge is 2.42. The summed E-state index contributed by atoms with van der Waals surface area (Å²) in [6.45, 7) is 0.113. The van der Waals surface area contributed by atoms with E-state index in [2.05, 4.69) is 5.32 Å². The van der Waals surface area contributed by atoms with E-state index >= 15 is 4.39 Å². The summed E-state index contributed by atoms with van der Waals surface area (Å²) in [5, 5.41) is 2.85. The Labute approximate surface area is 209 Å². The molecule has 1 aliphatic heterocycles. The summed E-state index contributed by atoms with van der Waals surface area (Å²) < 4.78 is 32.3. The Morgan fingerprint density at radius 2 is 1.53 bits per heavy atom. The number of halogens is 1. The van der Waals surface area contributed by atoms with Crippen molar-refractivity contribution in [3.05, 3.63) is 131 Å². The zero-order chi connectivity index (χ0) is 24.9. The minimum atomic E-state index is -0.868. The van der Waals surface area contributed by atoms with Gasteiger partial charge in [0.1, 0.15) is 23.9 Å². The van der Waals surface area contributed by atoms with Crippen LogP contribution in [0.4, 0.5) is 9.18 Å². The van der Waals surface area contributed by atoms with Crippen LogP contribution in [0.1, 0.15) is 34.1 Å². The van der Waals surface area contributed by atoms with E-state index in [1.54, 1.807) is 25.3 Å². The second-order valence-corrected chi connectivity index (χ2v) is 8.58. The predicted octanol–water partition coefficient (Wildman–Crippen LogP) is 6.39. The summed E-state index contributed by atoms with van der Waals surface area (Å²) >= 11 is 0. The van der Waals surface area contributed by atoms with Crippen LogP contribution in [0, 0.1) is 5.82 Å². The predicted molar refractivity (Wildman–Crippen MR) is 135 cm³/mol. The maximum atomic E-state index is 15.2. The molecule has 1 aliphatic rings. The van der Waals surface area contributed by atoms with E-state index in [9.17, 15) is 4.79 Å². The molecule has 4 aromatic carbocycles. The molecule has 1 amide bonds. The van der Waals surface area contributed by atoms with Crippen molar-refractivity contribution in [1.82, 2.24) is 5.32 Å². The number of amides is 1. The molecule has 0 aliphatic carbocycles. The van der Waals surface area contributed by atoms with Crippen molar-refractivity contribution in [2.24, 2.45) is 0 Å². The fourth-order valence-corrected chi connectivity index (χ4v) is 4.71. The third-order valence-corrected chi connectivity index (χ3v) is 6.41. The molecule has 36 heavy (non-hydrogen) atoms. The van der Waals surface area contributed by atoms with Crippen LogP contribution in [0.25, 0.3) is 0 Å². The lowest BCUT2D eigenvalue weighted by Crippen LogP contribution is -2.48. The first-order valence-electron chi connectivity index (χ1n) is 11.7. The van der Waals surface area contributed by atoms with E-state index in [1.165, 1.54) is 6.07 Å². The number of nitrogens with one attached hydrogen (secondary N) is 1. The number of hydrogen-bond donors (Lipinski definition) is 1. The summed E-state index contributed by atoms with van der Waals surface area (Å²) in [5.41, 5.74) is 3.17. The Bertz CT molecular complexity index is 1330. The van der Waals surface area contributed by atoms with Gasteiger partial charge in [-0.1, -0.05) is 78.9 Å². The van der Waals surface area contributed by atoms with Gasteiger partial charge in [-0.25, -0.2) is 9.18 Å². The van der Waals surface area contributed by atoms with Crippen LogP contribution in [0.5, 0.6) is 11.5 Å². The molecule has 1 heterocycles. The minimum absolute atomic E-state index is 0.113. The quantitative estimate of drug-likeness (QED) is 0.345. The molecule has 0 saturated heterocycles. The number of ether oxygens (including phenoxy) is 3. The highest BCUT2D eigenvalue weighted by Crippen LogP contribution is 2.48. The third kappa shape index (κ3) is 4.89. The SMILES string of the molecule is COc1ccc([C@@H]2c3ccccc3O[C@H](NC(=O)OCc3ccccc3)[C@H]2c2ccccc2F)cc1. The monoisotopic (exact) mass is 483 g/mol. The van der Waals surface area contributed by atoms with E-state index in [4.69, 9.17) is 14.2 Å². The summed E-state index contributed by atoms with van der Waals surface area (Å²) in [6, 6.07) is 31.3. The van der Waals surface area contributed by atoms with Gasteiger partial charge in [-0.15, -0.1) is 0 Å². The molecule has 0 fully saturated rings. The summed E-state index contributed by atoms with van der Waals surface area (Å²) in [4.78, 5) is 12.9. The second-order valence-electron chi connectivity index (χ2n) is 8.58. The van der Waals surface area contributed by atoms with E-state index in [-0.39, 0.29) is 18.3 Å². The van der Waals surface area contributed by atoms with Crippen molar-refractivity contribution in [2.45, 2.75) is 24.7 Å². The third-order valence-electron chi connectivity index (χ3n) is 6.41.